The summed E-state index contributed by atoms with van der Waals surface area (Å²) in [5.41, 5.74) is 5.94. The number of carboxylic acids is 1. The van der Waals surface area contributed by atoms with Crippen molar-refractivity contribution in [1.29, 1.82) is 0 Å². The van der Waals surface area contributed by atoms with Gasteiger partial charge in [0.05, 0.1) is 6.61 Å². The minimum atomic E-state index is -1.06. The second-order valence-corrected chi connectivity index (χ2v) is 2.87. The molecule has 0 aliphatic carbocycles. The van der Waals surface area contributed by atoms with Crippen LogP contribution in [0, 0.1) is 0 Å². The molecular formula is C8H12N2O4. The number of ether oxygens (including phenoxy) is 1. The van der Waals surface area contributed by atoms with E-state index in [9.17, 15) is 4.79 Å². The van der Waals surface area contributed by atoms with E-state index >= 15 is 0 Å². The molecule has 0 spiro atoms. The predicted octanol–water partition coefficient (Wildman–Crippen LogP) is -0.225. The Morgan fingerprint density at radius 1 is 1.86 bits per heavy atom. The van der Waals surface area contributed by atoms with E-state index in [0.29, 0.717) is 18.1 Å². The molecule has 6 nitrogen and oxygen atoms in total. The van der Waals surface area contributed by atoms with Gasteiger partial charge in [0.1, 0.15) is 17.5 Å². The van der Waals surface area contributed by atoms with Gasteiger partial charge in [0, 0.05) is 19.6 Å². The summed E-state index contributed by atoms with van der Waals surface area (Å²) in [5.74, 6) is -0.610. The highest BCUT2D eigenvalue weighted by atomic mass is 16.5. The molecule has 0 aliphatic rings. The van der Waals surface area contributed by atoms with E-state index in [1.54, 1.807) is 6.07 Å². The minimum absolute atomic E-state index is 0.131. The lowest BCUT2D eigenvalue weighted by atomic mass is 10.2. The van der Waals surface area contributed by atoms with E-state index in [4.69, 9.17) is 20.1 Å². The van der Waals surface area contributed by atoms with Crippen molar-refractivity contribution in [3.63, 3.8) is 0 Å². The molecular weight excluding hydrogens is 188 g/mol. The van der Waals surface area contributed by atoms with Gasteiger partial charge in [-0.25, -0.2) is 0 Å². The van der Waals surface area contributed by atoms with E-state index in [-0.39, 0.29) is 6.42 Å². The van der Waals surface area contributed by atoms with Crippen molar-refractivity contribution < 1.29 is 19.2 Å². The highest BCUT2D eigenvalue weighted by molar-refractivity contribution is 5.73. The molecule has 6 heteroatoms. The van der Waals surface area contributed by atoms with Crippen molar-refractivity contribution in [2.24, 2.45) is 5.73 Å². The molecule has 0 aliphatic heterocycles. The van der Waals surface area contributed by atoms with Gasteiger partial charge >= 0.3 is 5.97 Å². The predicted molar refractivity (Wildman–Crippen MR) is 46.5 cm³/mol. The third-order valence-corrected chi connectivity index (χ3v) is 1.64. The molecule has 0 bridgehead atoms. The maximum absolute atomic E-state index is 10.4. The second kappa shape index (κ2) is 4.73. The number of nitrogens with two attached hydrogens (primary N) is 1. The molecule has 1 aromatic rings. The number of carbonyl (C=O) groups is 1. The number of hydrogen-bond acceptors (Lipinski definition) is 5. The van der Waals surface area contributed by atoms with Gasteiger partial charge in [0.2, 0.25) is 0 Å². The number of aromatic nitrogens is 1. The Morgan fingerprint density at radius 2 is 2.57 bits per heavy atom. The molecule has 1 atom stereocenters. The lowest BCUT2D eigenvalue weighted by Crippen LogP contribution is -2.32. The molecule has 14 heavy (non-hydrogen) atoms. The van der Waals surface area contributed by atoms with Crippen LogP contribution in [0.2, 0.25) is 0 Å². The first-order chi connectivity index (χ1) is 6.63. The summed E-state index contributed by atoms with van der Waals surface area (Å²) in [5, 5.41) is 12.2. The summed E-state index contributed by atoms with van der Waals surface area (Å²) in [6.45, 7) is 0.339. The van der Waals surface area contributed by atoms with Crippen LogP contribution < -0.4 is 5.73 Å². The fraction of sp³-hybridized carbons (Fsp3) is 0.500. The molecule has 1 unspecified atom stereocenters. The van der Waals surface area contributed by atoms with Gasteiger partial charge in [-0.3, -0.25) is 4.79 Å². The zero-order chi connectivity index (χ0) is 10.6. The van der Waals surface area contributed by atoms with Gasteiger partial charge in [-0.1, -0.05) is 5.16 Å². The van der Waals surface area contributed by atoms with Crippen molar-refractivity contribution in [2.75, 3.05) is 7.11 Å². The average Bonchev–Trinajstić information content (AvgIpc) is 2.53. The third-order valence-electron chi connectivity index (χ3n) is 1.64. The van der Waals surface area contributed by atoms with Crippen LogP contribution in [0.4, 0.5) is 0 Å². The Morgan fingerprint density at radius 3 is 3.14 bits per heavy atom. The summed E-state index contributed by atoms with van der Waals surface area (Å²) in [6.07, 6.45) is 0.131. The van der Waals surface area contributed by atoms with Gasteiger partial charge in [-0.05, 0) is 0 Å². The molecule has 0 saturated heterocycles. The van der Waals surface area contributed by atoms with E-state index in [0.717, 1.165) is 0 Å². The lowest BCUT2D eigenvalue weighted by Gasteiger charge is -2.00. The topological polar surface area (TPSA) is 98.6 Å². The maximum atomic E-state index is 10.4. The smallest absolute Gasteiger partial charge is 0.320 e. The quantitative estimate of drug-likeness (QED) is 0.681. The summed E-state index contributed by atoms with van der Waals surface area (Å²) in [4.78, 5) is 10.4. The SMILES string of the molecule is COCc1cc(CC(N)C(=O)O)on1. The first-order valence-corrected chi connectivity index (χ1v) is 4.05. The summed E-state index contributed by atoms with van der Waals surface area (Å²) in [6, 6.07) is 0.671. The molecule has 0 saturated carbocycles. The number of aliphatic carboxylic acids is 1. The second-order valence-electron chi connectivity index (χ2n) is 2.87. The summed E-state index contributed by atoms with van der Waals surface area (Å²) in [7, 11) is 1.54. The van der Waals surface area contributed by atoms with Crippen LogP contribution in [0.3, 0.4) is 0 Å². The molecule has 78 valence electrons. The van der Waals surface area contributed by atoms with Crippen molar-refractivity contribution in [2.45, 2.75) is 19.1 Å². The van der Waals surface area contributed by atoms with Crippen molar-refractivity contribution >= 4 is 5.97 Å². The van der Waals surface area contributed by atoms with Gasteiger partial charge in [-0.2, -0.15) is 0 Å². The van der Waals surface area contributed by atoms with Gasteiger partial charge in [0.25, 0.3) is 0 Å². The first-order valence-electron chi connectivity index (χ1n) is 4.05. The number of carboxylic acid groups (broad SMARTS) is 1. The number of hydrogen-bond donors (Lipinski definition) is 2. The monoisotopic (exact) mass is 200 g/mol. The Balaban J connectivity index is 2.55. The van der Waals surface area contributed by atoms with E-state index in [2.05, 4.69) is 5.16 Å². The zero-order valence-corrected chi connectivity index (χ0v) is 7.77. The highest BCUT2D eigenvalue weighted by Gasteiger charge is 2.15. The molecule has 0 fully saturated rings. The normalized spacial score (nSPS) is 12.7. The Kier molecular flexibility index (Phi) is 3.61. The number of rotatable bonds is 5. The first kappa shape index (κ1) is 10.7. The maximum Gasteiger partial charge on any atom is 0.320 e. The molecule has 0 amide bonds. The van der Waals surface area contributed by atoms with Crippen molar-refractivity contribution in [1.82, 2.24) is 5.16 Å². The summed E-state index contributed by atoms with van der Waals surface area (Å²) < 4.78 is 9.69. The van der Waals surface area contributed by atoms with E-state index < -0.39 is 12.0 Å². The largest absolute Gasteiger partial charge is 0.480 e. The molecule has 3 N–H and O–H groups in total. The van der Waals surface area contributed by atoms with Crippen LogP contribution in [0.1, 0.15) is 11.5 Å². The van der Waals surface area contributed by atoms with E-state index in [1.807, 2.05) is 0 Å². The van der Waals surface area contributed by atoms with Crippen LogP contribution in [-0.4, -0.2) is 29.4 Å². The standard InChI is InChI=1S/C8H12N2O4/c1-13-4-5-2-6(14-10-5)3-7(9)8(11)12/h2,7H,3-4,9H2,1H3,(H,11,12). The van der Waals surface area contributed by atoms with E-state index in [1.165, 1.54) is 7.11 Å². The van der Waals surface area contributed by atoms with Crippen LogP contribution in [0.5, 0.6) is 0 Å². The van der Waals surface area contributed by atoms with Gasteiger partial charge in [-0.15, -0.1) is 0 Å². The molecule has 1 rings (SSSR count). The Bertz CT molecular complexity index is 310. The molecule has 1 heterocycles. The van der Waals surface area contributed by atoms with Crippen molar-refractivity contribution in [3.05, 3.63) is 17.5 Å². The fourth-order valence-electron chi connectivity index (χ4n) is 0.972. The average molecular weight is 200 g/mol. The zero-order valence-electron chi connectivity index (χ0n) is 7.77. The van der Waals surface area contributed by atoms with Crippen LogP contribution in [-0.2, 0) is 22.6 Å². The lowest BCUT2D eigenvalue weighted by molar-refractivity contribution is -0.138. The Labute approximate surface area is 80.6 Å². The van der Waals surface area contributed by atoms with Crippen LogP contribution >= 0.6 is 0 Å². The number of nitrogens with zero attached hydrogens (tertiary/aromatic N) is 1. The minimum Gasteiger partial charge on any atom is -0.480 e. The molecule has 0 radical (unpaired) electrons. The Hall–Kier alpha value is -1.40. The molecule has 1 aromatic heterocycles. The van der Waals surface area contributed by atoms with Gasteiger partial charge < -0.3 is 20.1 Å². The summed E-state index contributed by atoms with van der Waals surface area (Å²) >= 11 is 0. The fourth-order valence-corrected chi connectivity index (χ4v) is 0.972. The number of methoxy groups -OCH3 is 1. The third kappa shape index (κ3) is 2.82. The van der Waals surface area contributed by atoms with Crippen LogP contribution in [0.25, 0.3) is 0 Å². The van der Waals surface area contributed by atoms with Crippen LogP contribution in [0.15, 0.2) is 10.6 Å². The van der Waals surface area contributed by atoms with Crippen molar-refractivity contribution in [3.8, 4) is 0 Å². The highest BCUT2D eigenvalue weighted by Crippen LogP contribution is 2.06. The molecule has 0 aromatic carbocycles. The van der Waals surface area contributed by atoms with Gasteiger partial charge in [0.15, 0.2) is 0 Å².